The fourth-order valence-electron chi connectivity index (χ4n) is 4.52. The summed E-state index contributed by atoms with van der Waals surface area (Å²) in [5.41, 5.74) is 2.81. The van der Waals surface area contributed by atoms with Crippen molar-refractivity contribution >= 4 is 5.91 Å². The number of carbonyl (C=O) groups excluding carboxylic acids is 1. The van der Waals surface area contributed by atoms with E-state index < -0.39 is 0 Å². The number of ether oxygens (including phenoxy) is 3. The summed E-state index contributed by atoms with van der Waals surface area (Å²) < 4.78 is 30.1. The molecule has 2 atom stereocenters. The Hall–Kier alpha value is -3.42. The summed E-state index contributed by atoms with van der Waals surface area (Å²) in [6.45, 7) is 4.05. The Balaban J connectivity index is 1.28. The molecular weight excluding hydrogens is 471 g/mol. The molecule has 0 saturated carbocycles. The van der Waals surface area contributed by atoms with Gasteiger partial charge in [-0.3, -0.25) is 4.79 Å². The number of hydrogen-bond acceptors (Lipinski definition) is 5. The predicted molar refractivity (Wildman–Crippen MR) is 142 cm³/mol. The highest BCUT2D eigenvalue weighted by molar-refractivity contribution is 5.94. The van der Waals surface area contributed by atoms with Crippen LogP contribution in [0, 0.1) is 11.7 Å². The lowest BCUT2D eigenvalue weighted by molar-refractivity contribution is 0.0948. The number of amides is 1. The first-order valence-corrected chi connectivity index (χ1v) is 12.8. The Morgan fingerprint density at radius 1 is 0.973 bits per heavy atom. The monoisotopic (exact) mass is 506 g/mol. The van der Waals surface area contributed by atoms with Gasteiger partial charge in [0.15, 0.2) is 0 Å². The van der Waals surface area contributed by atoms with Gasteiger partial charge in [-0.05, 0) is 85.0 Å². The first-order valence-electron chi connectivity index (χ1n) is 12.8. The smallest absolute Gasteiger partial charge is 0.251 e. The van der Waals surface area contributed by atoms with Crippen molar-refractivity contribution in [2.45, 2.75) is 25.4 Å². The van der Waals surface area contributed by atoms with Crippen LogP contribution >= 0.6 is 0 Å². The van der Waals surface area contributed by atoms with E-state index >= 15 is 0 Å². The first-order chi connectivity index (χ1) is 18.1. The summed E-state index contributed by atoms with van der Waals surface area (Å²) in [5.74, 6) is 1.90. The normalized spacial score (nSPS) is 17.2. The minimum atomic E-state index is -0.248. The summed E-state index contributed by atoms with van der Waals surface area (Å²) >= 11 is 0. The van der Waals surface area contributed by atoms with Gasteiger partial charge in [0.05, 0.1) is 6.61 Å². The van der Waals surface area contributed by atoms with Crippen LogP contribution in [0.5, 0.6) is 11.5 Å². The molecular formula is C30H35FN2O4. The van der Waals surface area contributed by atoms with Gasteiger partial charge in [0, 0.05) is 38.3 Å². The maximum atomic E-state index is 13.1. The minimum Gasteiger partial charge on any atom is -0.493 e. The summed E-state index contributed by atoms with van der Waals surface area (Å²) in [5, 5.41) is 6.38. The van der Waals surface area contributed by atoms with Gasteiger partial charge >= 0.3 is 0 Å². The van der Waals surface area contributed by atoms with E-state index in [1.54, 1.807) is 31.4 Å². The van der Waals surface area contributed by atoms with Gasteiger partial charge in [0.25, 0.3) is 5.91 Å². The molecule has 1 unspecified atom stereocenters. The van der Waals surface area contributed by atoms with Crippen molar-refractivity contribution in [3.05, 3.63) is 95.3 Å². The van der Waals surface area contributed by atoms with Gasteiger partial charge < -0.3 is 24.8 Å². The summed E-state index contributed by atoms with van der Waals surface area (Å²) in [4.78, 5) is 12.3. The Morgan fingerprint density at radius 3 is 2.41 bits per heavy atom. The average molecular weight is 507 g/mol. The Labute approximate surface area is 218 Å². The van der Waals surface area contributed by atoms with Crippen LogP contribution in [0.15, 0.2) is 72.8 Å². The van der Waals surface area contributed by atoms with Crippen molar-refractivity contribution in [1.82, 2.24) is 10.6 Å². The van der Waals surface area contributed by atoms with Crippen molar-refractivity contribution < 1.29 is 23.4 Å². The second kappa shape index (κ2) is 13.8. The molecule has 1 heterocycles. The van der Waals surface area contributed by atoms with Crippen LogP contribution in [0.25, 0.3) is 0 Å². The standard InChI is InChI=1S/C30H35FN2O4/c1-35-18-2-16-33-30(34)24-7-13-28(14-8-24)37-21-25-19-32-17-15-29(25)23-5-11-27(12-6-23)36-20-22-3-9-26(31)10-4-22/h3-14,25,29,32H,2,15-21H2,1H3,(H,33,34)/t25-,29?/m0/s1. The van der Waals surface area contributed by atoms with E-state index in [2.05, 4.69) is 22.8 Å². The molecule has 1 amide bonds. The zero-order valence-electron chi connectivity index (χ0n) is 21.3. The minimum absolute atomic E-state index is 0.0933. The van der Waals surface area contributed by atoms with Gasteiger partial charge in [-0.25, -0.2) is 4.39 Å². The van der Waals surface area contributed by atoms with Crippen LogP contribution in [0.4, 0.5) is 4.39 Å². The van der Waals surface area contributed by atoms with E-state index in [4.69, 9.17) is 14.2 Å². The zero-order chi connectivity index (χ0) is 25.9. The van der Waals surface area contributed by atoms with Crippen LogP contribution in [-0.2, 0) is 11.3 Å². The first kappa shape index (κ1) is 26.6. The number of methoxy groups -OCH3 is 1. The molecule has 6 nitrogen and oxygen atoms in total. The molecule has 0 aliphatic carbocycles. The van der Waals surface area contributed by atoms with Crippen LogP contribution < -0.4 is 20.1 Å². The molecule has 1 aliphatic rings. The van der Waals surface area contributed by atoms with Gasteiger partial charge in [-0.15, -0.1) is 0 Å². The van der Waals surface area contributed by atoms with Crippen molar-refractivity contribution in [2.75, 3.05) is 40.0 Å². The van der Waals surface area contributed by atoms with E-state index in [1.165, 1.54) is 17.7 Å². The number of benzene rings is 3. The molecule has 4 rings (SSSR count). The second-order valence-electron chi connectivity index (χ2n) is 9.28. The molecule has 196 valence electrons. The molecule has 0 spiro atoms. The van der Waals surface area contributed by atoms with Crippen LogP contribution in [0.1, 0.15) is 40.2 Å². The largest absolute Gasteiger partial charge is 0.493 e. The molecule has 0 radical (unpaired) electrons. The zero-order valence-corrected chi connectivity index (χ0v) is 21.3. The van der Waals surface area contributed by atoms with Crippen LogP contribution in [0.2, 0.25) is 0 Å². The molecule has 2 N–H and O–H groups in total. The molecule has 1 saturated heterocycles. The number of nitrogens with one attached hydrogen (secondary N) is 2. The molecule has 0 aromatic heterocycles. The lowest BCUT2D eigenvalue weighted by Crippen LogP contribution is -2.38. The van der Waals surface area contributed by atoms with E-state index in [-0.39, 0.29) is 11.7 Å². The van der Waals surface area contributed by atoms with Gasteiger partial charge in [-0.1, -0.05) is 24.3 Å². The van der Waals surface area contributed by atoms with Crippen molar-refractivity contribution in [3.63, 3.8) is 0 Å². The quantitative estimate of drug-likeness (QED) is 0.341. The highest BCUT2D eigenvalue weighted by Crippen LogP contribution is 2.32. The lowest BCUT2D eigenvalue weighted by Gasteiger charge is -2.32. The highest BCUT2D eigenvalue weighted by atomic mass is 19.1. The molecule has 3 aromatic rings. The third-order valence-corrected chi connectivity index (χ3v) is 6.63. The number of rotatable bonds is 12. The molecule has 7 heteroatoms. The maximum Gasteiger partial charge on any atom is 0.251 e. The maximum absolute atomic E-state index is 13.1. The van der Waals surface area contributed by atoms with Gasteiger partial charge in [0.2, 0.25) is 0 Å². The SMILES string of the molecule is COCCCNC(=O)c1ccc(OC[C@@H]2CNCCC2c2ccc(OCc3ccc(F)cc3)cc2)cc1. The Morgan fingerprint density at radius 2 is 1.68 bits per heavy atom. The van der Waals surface area contributed by atoms with Crippen LogP contribution in [0.3, 0.4) is 0 Å². The van der Waals surface area contributed by atoms with Crippen molar-refractivity contribution in [2.24, 2.45) is 5.92 Å². The molecule has 1 aliphatic heterocycles. The average Bonchev–Trinajstić information content (AvgIpc) is 2.94. The summed E-state index contributed by atoms with van der Waals surface area (Å²) in [6.07, 6.45) is 1.82. The molecule has 3 aromatic carbocycles. The molecule has 0 bridgehead atoms. The second-order valence-corrected chi connectivity index (χ2v) is 9.28. The summed E-state index contributed by atoms with van der Waals surface area (Å²) in [7, 11) is 1.65. The number of halogens is 1. The molecule has 37 heavy (non-hydrogen) atoms. The van der Waals surface area contributed by atoms with Gasteiger partial charge in [-0.2, -0.15) is 0 Å². The van der Waals surface area contributed by atoms with Gasteiger partial charge in [0.1, 0.15) is 23.9 Å². The third-order valence-electron chi connectivity index (χ3n) is 6.63. The van der Waals surface area contributed by atoms with E-state index in [0.29, 0.717) is 43.8 Å². The number of carbonyl (C=O) groups is 1. The topological polar surface area (TPSA) is 68.8 Å². The Bertz CT molecular complexity index is 1100. The summed E-state index contributed by atoms with van der Waals surface area (Å²) in [6, 6.07) is 21.9. The van der Waals surface area contributed by atoms with E-state index in [1.807, 2.05) is 24.3 Å². The van der Waals surface area contributed by atoms with E-state index in [0.717, 1.165) is 43.0 Å². The fourth-order valence-corrected chi connectivity index (χ4v) is 4.52. The van der Waals surface area contributed by atoms with Crippen LogP contribution in [-0.4, -0.2) is 45.9 Å². The number of piperidine rings is 1. The van der Waals surface area contributed by atoms with Crippen molar-refractivity contribution in [1.29, 1.82) is 0 Å². The molecule has 1 fully saturated rings. The Kier molecular flexibility index (Phi) is 9.91. The third kappa shape index (κ3) is 8.03. The van der Waals surface area contributed by atoms with E-state index in [9.17, 15) is 9.18 Å². The number of hydrogen-bond donors (Lipinski definition) is 2. The fraction of sp³-hybridized carbons (Fsp3) is 0.367. The van der Waals surface area contributed by atoms with Crippen molar-refractivity contribution in [3.8, 4) is 11.5 Å². The predicted octanol–water partition coefficient (Wildman–Crippen LogP) is 4.94. The highest BCUT2D eigenvalue weighted by Gasteiger charge is 2.27. The lowest BCUT2D eigenvalue weighted by atomic mass is 9.81.